The third-order valence-corrected chi connectivity index (χ3v) is 3.13. The van der Waals surface area contributed by atoms with E-state index in [0.717, 1.165) is 6.07 Å². The number of nitro groups is 1. The summed E-state index contributed by atoms with van der Waals surface area (Å²) in [6.45, 7) is 1.47. The highest BCUT2D eigenvalue weighted by molar-refractivity contribution is 9.11. The Labute approximate surface area is 90.3 Å². The average Bonchev–Trinajstić information content (AvgIpc) is 2.07. The third-order valence-electron chi connectivity index (χ3n) is 1.55. The van der Waals surface area contributed by atoms with Crippen LogP contribution in [0.4, 0.5) is 10.1 Å². The Bertz CT molecular complexity index is 381. The van der Waals surface area contributed by atoms with Crippen LogP contribution in [0.15, 0.2) is 15.0 Å². The van der Waals surface area contributed by atoms with Gasteiger partial charge in [0.25, 0.3) is 5.69 Å². The SMILES string of the molecule is Cc1c(F)c(Br)cc([N+](=O)[O-])c1Br. The minimum atomic E-state index is -0.568. The van der Waals surface area contributed by atoms with Crippen LogP contribution in [0.5, 0.6) is 0 Å². The Hall–Kier alpha value is -0.490. The molecule has 0 aromatic heterocycles. The van der Waals surface area contributed by atoms with Gasteiger partial charge in [-0.15, -0.1) is 0 Å². The Morgan fingerprint density at radius 3 is 2.54 bits per heavy atom. The van der Waals surface area contributed by atoms with Crippen molar-refractivity contribution in [3.05, 3.63) is 36.5 Å². The molecule has 0 atom stereocenters. The second kappa shape index (κ2) is 3.71. The summed E-state index contributed by atoms with van der Waals surface area (Å²) < 4.78 is 13.4. The van der Waals surface area contributed by atoms with Gasteiger partial charge in [0.2, 0.25) is 0 Å². The Balaban J connectivity index is 3.50. The first kappa shape index (κ1) is 10.6. The van der Waals surface area contributed by atoms with Crippen molar-refractivity contribution in [2.24, 2.45) is 0 Å². The van der Waals surface area contributed by atoms with E-state index in [1.165, 1.54) is 6.92 Å². The van der Waals surface area contributed by atoms with Gasteiger partial charge < -0.3 is 0 Å². The van der Waals surface area contributed by atoms with Crippen LogP contribution >= 0.6 is 31.9 Å². The highest BCUT2D eigenvalue weighted by Crippen LogP contribution is 2.34. The number of hydrogen-bond donors (Lipinski definition) is 0. The van der Waals surface area contributed by atoms with Crippen LogP contribution in [0.3, 0.4) is 0 Å². The lowest BCUT2D eigenvalue weighted by molar-refractivity contribution is -0.385. The lowest BCUT2D eigenvalue weighted by Crippen LogP contribution is -1.94. The summed E-state index contributed by atoms with van der Waals surface area (Å²) >= 11 is 5.86. The van der Waals surface area contributed by atoms with Gasteiger partial charge in [-0.1, -0.05) is 0 Å². The molecule has 0 amide bonds. The van der Waals surface area contributed by atoms with Crippen LogP contribution in [-0.4, -0.2) is 4.92 Å². The highest BCUT2D eigenvalue weighted by Gasteiger charge is 2.19. The van der Waals surface area contributed by atoms with Crippen LogP contribution in [0.2, 0.25) is 0 Å². The second-order valence-electron chi connectivity index (χ2n) is 2.39. The van der Waals surface area contributed by atoms with E-state index in [-0.39, 0.29) is 20.2 Å². The van der Waals surface area contributed by atoms with E-state index in [4.69, 9.17) is 0 Å². The van der Waals surface area contributed by atoms with Crippen molar-refractivity contribution in [3.63, 3.8) is 0 Å². The van der Waals surface area contributed by atoms with Gasteiger partial charge in [0.15, 0.2) is 0 Å². The fourth-order valence-electron chi connectivity index (χ4n) is 0.847. The molecule has 1 aromatic rings. The maximum atomic E-state index is 13.1. The van der Waals surface area contributed by atoms with Gasteiger partial charge in [0.05, 0.1) is 9.40 Å². The fourth-order valence-corrected chi connectivity index (χ4v) is 1.79. The second-order valence-corrected chi connectivity index (χ2v) is 4.03. The normalized spacial score (nSPS) is 10.2. The van der Waals surface area contributed by atoms with Crippen molar-refractivity contribution in [2.45, 2.75) is 6.92 Å². The fraction of sp³-hybridized carbons (Fsp3) is 0.143. The summed E-state index contributed by atoms with van der Waals surface area (Å²) in [6.07, 6.45) is 0. The summed E-state index contributed by atoms with van der Waals surface area (Å²) in [6, 6.07) is 1.13. The molecule has 0 aliphatic carbocycles. The first-order valence-electron chi connectivity index (χ1n) is 3.23. The quantitative estimate of drug-likeness (QED) is 0.452. The lowest BCUT2D eigenvalue weighted by atomic mass is 10.2. The average molecular weight is 313 g/mol. The zero-order valence-corrected chi connectivity index (χ0v) is 9.65. The Morgan fingerprint density at radius 2 is 2.08 bits per heavy atom. The van der Waals surface area contributed by atoms with Crippen LogP contribution in [0, 0.1) is 22.9 Å². The molecule has 0 aliphatic rings. The van der Waals surface area contributed by atoms with Crippen LogP contribution in [-0.2, 0) is 0 Å². The lowest BCUT2D eigenvalue weighted by Gasteiger charge is -2.02. The molecule has 0 saturated carbocycles. The molecule has 0 N–H and O–H groups in total. The number of halogens is 3. The van der Waals surface area contributed by atoms with Gasteiger partial charge in [-0.25, -0.2) is 4.39 Å². The van der Waals surface area contributed by atoms with E-state index in [1.807, 2.05) is 0 Å². The number of rotatable bonds is 1. The molecule has 3 nitrogen and oxygen atoms in total. The summed E-state index contributed by atoms with van der Waals surface area (Å²) in [5, 5.41) is 10.5. The standard InChI is InChI=1S/C7H4Br2FNO2/c1-3-6(9)5(11(12)13)2-4(8)7(3)10/h2H,1H3. The number of nitro benzene ring substituents is 1. The molecule has 0 heterocycles. The van der Waals surface area contributed by atoms with Gasteiger partial charge in [0, 0.05) is 11.6 Å². The maximum absolute atomic E-state index is 13.1. The molecule has 13 heavy (non-hydrogen) atoms. The molecule has 0 fully saturated rings. The maximum Gasteiger partial charge on any atom is 0.285 e. The topological polar surface area (TPSA) is 43.1 Å². The van der Waals surface area contributed by atoms with Crippen molar-refractivity contribution in [1.82, 2.24) is 0 Å². The molecule has 6 heteroatoms. The van der Waals surface area contributed by atoms with E-state index >= 15 is 0 Å². The zero-order chi connectivity index (χ0) is 10.2. The largest absolute Gasteiger partial charge is 0.285 e. The molecule has 0 spiro atoms. The third kappa shape index (κ3) is 1.88. The highest BCUT2D eigenvalue weighted by atomic mass is 79.9. The van der Waals surface area contributed by atoms with Crippen LogP contribution < -0.4 is 0 Å². The van der Waals surface area contributed by atoms with Crippen molar-refractivity contribution < 1.29 is 9.31 Å². The molecule has 1 aromatic carbocycles. The first-order valence-corrected chi connectivity index (χ1v) is 4.82. The van der Waals surface area contributed by atoms with Gasteiger partial charge in [-0.2, -0.15) is 0 Å². The van der Waals surface area contributed by atoms with Gasteiger partial charge in [-0.05, 0) is 38.8 Å². The zero-order valence-electron chi connectivity index (χ0n) is 6.47. The van der Waals surface area contributed by atoms with Crippen LogP contribution in [0.1, 0.15) is 5.56 Å². The van der Waals surface area contributed by atoms with E-state index in [9.17, 15) is 14.5 Å². The van der Waals surface area contributed by atoms with Crippen molar-refractivity contribution in [2.75, 3.05) is 0 Å². The van der Waals surface area contributed by atoms with E-state index in [1.54, 1.807) is 0 Å². The molecular formula is C7H4Br2FNO2. The molecular weight excluding hydrogens is 309 g/mol. The van der Waals surface area contributed by atoms with Crippen molar-refractivity contribution in [1.29, 1.82) is 0 Å². The molecule has 0 bridgehead atoms. The smallest absolute Gasteiger partial charge is 0.258 e. The van der Waals surface area contributed by atoms with E-state index in [2.05, 4.69) is 31.9 Å². The van der Waals surface area contributed by atoms with E-state index in [0.29, 0.717) is 0 Å². The molecule has 1 rings (SSSR count). The molecule has 0 aliphatic heterocycles. The van der Waals surface area contributed by atoms with Gasteiger partial charge >= 0.3 is 0 Å². The summed E-state index contributed by atoms with van der Waals surface area (Å²) in [5.74, 6) is -0.488. The predicted molar refractivity (Wildman–Crippen MR) is 53.2 cm³/mol. The van der Waals surface area contributed by atoms with Crippen molar-refractivity contribution in [3.8, 4) is 0 Å². The predicted octanol–water partition coefficient (Wildman–Crippen LogP) is 3.57. The number of nitrogens with zero attached hydrogens (tertiary/aromatic N) is 1. The summed E-state index contributed by atoms with van der Waals surface area (Å²) in [4.78, 5) is 9.90. The Kier molecular flexibility index (Phi) is 3.02. The first-order chi connectivity index (χ1) is 5.95. The molecule has 0 radical (unpaired) electrons. The summed E-state index contributed by atoms with van der Waals surface area (Å²) in [5.41, 5.74) is 0.0758. The van der Waals surface area contributed by atoms with Crippen LogP contribution in [0.25, 0.3) is 0 Å². The number of hydrogen-bond acceptors (Lipinski definition) is 2. The number of benzene rings is 1. The monoisotopic (exact) mass is 311 g/mol. The minimum Gasteiger partial charge on any atom is -0.258 e. The molecule has 0 saturated heterocycles. The Morgan fingerprint density at radius 1 is 1.54 bits per heavy atom. The summed E-state index contributed by atoms with van der Waals surface area (Å²) in [7, 11) is 0. The van der Waals surface area contributed by atoms with Gasteiger partial charge in [0.1, 0.15) is 10.3 Å². The molecule has 70 valence electrons. The van der Waals surface area contributed by atoms with Gasteiger partial charge in [-0.3, -0.25) is 10.1 Å². The van der Waals surface area contributed by atoms with Crippen molar-refractivity contribution >= 4 is 37.5 Å². The molecule has 0 unspecified atom stereocenters. The minimum absolute atomic E-state index is 0.0971. The van der Waals surface area contributed by atoms with E-state index < -0.39 is 10.7 Å².